The molecule has 0 fully saturated rings. The van der Waals surface area contributed by atoms with E-state index in [0.29, 0.717) is 17.9 Å². The summed E-state index contributed by atoms with van der Waals surface area (Å²) in [6.45, 7) is 0.421. The van der Waals surface area contributed by atoms with E-state index in [0.717, 1.165) is 10.9 Å². The normalized spacial score (nSPS) is 10.9. The second kappa shape index (κ2) is 8.52. The molecule has 0 spiro atoms. The summed E-state index contributed by atoms with van der Waals surface area (Å²) in [5.74, 6) is -0.183. The number of hydrogen-bond acceptors (Lipinski definition) is 4. The zero-order valence-electron chi connectivity index (χ0n) is 14.9. The van der Waals surface area contributed by atoms with Gasteiger partial charge in [0.25, 0.3) is 5.91 Å². The summed E-state index contributed by atoms with van der Waals surface area (Å²) in [5, 5.41) is 13.2. The largest absolute Gasteiger partial charge is 0.489 e. The molecule has 0 aromatic heterocycles. The topological polar surface area (TPSA) is 105 Å². The lowest BCUT2D eigenvalue weighted by atomic mass is 10.1. The molecular weight excluding hydrogens is 354 g/mol. The number of carbonyl (C=O) groups excluding carboxylic acids is 2. The fraction of sp³-hybridized carbons (Fsp3) is 0.0455. The number of ether oxygens (including phenoxy) is 1. The molecule has 28 heavy (non-hydrogen) atoms. The molecule has 0 bridgehead atoms. The van der Waals surface area contributed by atoms with E-state index < -0.39 is 11.9 Å². The predicted octanol–water partition coefficient (Wildman–Crippen LogP) is 3.52. The molecule has 0 unspecified atom stereocenters. The molecule has 3 aromatic rings. The average molecular weight is 371 g/mol. The fourth-order valence-electron chi connectivity index (χ4n) is 2.65. The summed E-state index contributed by atoms with van der Waals surface area (Å²) < 4.78 is 5.80. The van der Waals surface area contributed by atoms with Crippen molar-refractivity contribution < 1.29 is 14.3 Å². The van der Waals surface area contributed by atoms with Gasteiger partial charge in [-0.3, -0.25) is 10.1 Å². The number of fused-ring (bicyclic) bond motifs is 1. The first kappa shape index (κ1) is 18.7. The number of nitriles is 1. The van der Waals surface area contributed by atoms with Crippen molar-refractivity contribution in [2.45, 2.75) is 6.61 Å². The quantitative estimate of drug-likeness (QED) is 0.529. The Morgan fingerprint density at radius 1 is 1.04 bits per heavy atom. The second-order valence-electron chi connectivity index (χ2n) is 6.03. The Morgan fingerprint density at radius 3 is 2.43 bits per heavy atom. The Morgan fingerprint density at radius 2 is 1.75 bits per heavy atom. The SMILES string of the molecule is N#C/C(=C/c1ccc(OCc2ccc3ccccc3c2)cc1)C(=O)NC(N)=O. The third-order valence-electron chi connectivity index (χ3n) is 4.01. The van der Waals surface area contributed by atoms with Crippen molar-refractivity contribution in [1.29, 1.82) is 5.26 Å². The summed E-state index contributed by atoms with van der Waals surface area (Å²) in [6.07, 6.45) is 1.37. The number of amides is 3. The van der Waals surface area contributed by atoms with Crippen LogP contribution in [0.25, 0.3) is 16.8 Å². The molecule has 3 amide bonds. The minimum absolute atomic E-state index is 0.219. The van der Waals surface area contributed by atoms with Crippen LogP contribution in [0.5, 0.6) is 5.75 Å². The molecule has 0 aliphatic carbocycles. The summed E-state index contributed by atoms with van der Waals surface area (Å²) in [4.78, 5) is 22.4. The lowest BCUT2D eigenvalue weighted by molar-refractivity contribution is -0.115. The van der Waals surface area contributed by atoms with Crippen molar-refractivity contribution in [2.75, 3.05) is 0 Å². The van der Waals surface area contributed by atoms with Crippen molar-refractivity contribution >= 4 is 28.8 Å². The summed E-state index contributed by atoms with van der Waals surface area (Å²) >= 11 is 0. The van der Waals surface area contributed by atoms with Gasteiger partial charge in [-0.25, -0.2) is 4.79 Å². The molecule has 0 heterocycles. The fourth-order valence-corrected chi connectivity index (χ4v) is 2.65. The number of nitrogens with two attached hydrogens (primary N) is 1. The van der Waals surface area contributed by atoms with E-state index >= 15 is 0 Å². The van der Waals surface area contributed by atoms with Crippen molar-refractivity contribution in [1.82, 2.24) is 5.32 Å². The number of nitrogens with zero attached hydrogens (tertiary/aromatic N) is 1. The number of imide groups is 1. The van der Waals surface area contributed by atoms with Crippen molar-refractivity contribution in [3.8, 4) is 11.8 Å². The number of urea groups is 1. The van der Waals surface area contributed by atoms with E-state index in [1.165, 1.54) is 11.5 Å². The maximum Gasteiger partial charge on any atom is 0.319 e. The van der Waals surface area contributed by atoms with Crippen molar-refractivity contribution in [3.05, 3.63) is 83.4 Å². The molecule has 0 atom stereocenters. The summed E-state index contributed by atoms with van der Waals surface area (Å²) in [7, 11) is 0. The molecule has 0 radical (unpaired) electrons. The maximum atomic E-state index is 11.7. The highest BCUT2D eigenvalue weighted by molar-refractivity contribution is 6.08. The molecule has 0 saturated heterocycles. The van der Waals surface area contributed by atoms with Crippen LogP contribution in [0.2, 0.25) is 0 Å². The molecule has 6 heteroatoms. The molecule has 3 rings (SSSR count). The Labute approximate surface area is 161 Å². The third-order valence-corrected chi connectivity index (χ3v) is 4.01. The number of hydrogen-bond donors (Lipinski definition) is 2. The number of primary amides is 1. The minimum atomic E-state index is -1.01. The van der Waals surface area contributed by atoms with Gasteiger partial charge in [0.05, 0.1) is 0 Å². The van der Waals surface area contributed by atoms with Gasteiger partial charge >= 0.3 is 6.03 Å². The van der Waals surface area contributed by atoms with Gasteiger partial charge in [-0.15, -0.1) is 0 Å². The molecule has 6 nitrogen and oxygen atoms in total. The first-order chi connectivity index (χ1) is 13.5. The molecule has 0 aliphatic heterocycles. The van der Waals surface area contributed by atoms with Crippen molar-refractivity contribution in [3.63, 3.8) is 0 Å². The highest BCUT2D eigenvalue weighted by Gasteiger charge is 2.10. The van der Waals surface area contributed by atoms with Crippen LogP contribution in [-0.2, 0) is 11.4 Å². The van der Waals surface area contributed by atoms with E-state index in [2.05, 4.69) is 24.3 Å². The Hall–Kier alpha value is -4.11. The Bertz CT molecular complexity index is 1100. The van der Waals surface area contributed by atoms with Gasteiger partial charge in [0.1, 0.15) is 24.0 Å². The van der Waals surface area contributed by atoms with Gasteiger partial charge in [-0.05, 0) is 46.2 Å². The molecule has 0 saturated carbocycles. The summed E-state index contributed by atoms with van der Waals surface area (Å²) in [6, 6.07) is 21.9. The van der Waals surface area contributed by atoms with Gasteiger partial charge in [-0.2, -0.15) is 5.26 Å². The molecule has 0 aliphatic rings. The zero-order valence-corrected chi connectivity index (χ0v) is 14.9. The standard InChI is InChI=1S/C22H17N3O3/c23-13-19(21(26)25-22(24)27)11-15-6-9-20(10-7-15)28-14-16-5-8-17-3-1-2-4-18(17)12-16/h1-12H,14H2,(H3,24,25,26,27)/b19-11-. The van der Waals surface area contributed by atoms with Crippen LogP contribution in [-0.4, -0.2) is 11.9 Å². The molecule has 3 aromatic carbocycles. The van der Waals surface area contributed by atoms with Gasteiger partial charge in [0.15, 0.2) is 0 Å². The van der Waals surface area contributed by atoms with E-state index in [-0.39, 0.29) is 5.57 Å². The van der Waals surface area contributed by atoms with Gasteiger partial charge in [0, 0.05) is 0 Å². The monoisotopic (exact) mass is 371 g/mol. The number of carbonyl (C=O) groups is 2. The molecule has 138 valence electrons. The lowest BCUT2D eigenvalue weighted by Crippen LogP contribution is -2.35. The highest BCUT2D eigenvalue weighted by Crippen LogP contribution is 2.19. The van der Waals surface area contributed by atoms with E-state index in [4.69, 9.17) is 15.7 Å². The third kappa shape index (κ3) is 4.74. The van der Waals surface area contributed by atoms with Crippen LogP contribution < -0.4 is 15.8 Å². The summed E-state index contributed by atoms with van der Waals surface area (Å²) in [5.41, 5.74) is 6.34. The van der Waals surface area contributed by atoms with E-state index in [1.54, 1.807) is 30.3 Å². The van der Waals surface area contributed by atoms with Crippen LogP contribution in [0.15, 0.2) is 72.3 Å². The van der Waals surface area contributed by atoms with Gasteiger partial charge < -0.3 is 10.5 Å². The van der Waals surface area contributed by atoms with Crippen LogP contribution in [0.4, 0.5) is 4.79 Å². The van der Waals surface area contributed by atoms with Gasteiger partial charge in [-0.1, -0.05) is 48.5 Å². The maximum absolute atomic E-state index is 11.7. The smallest absolute Gasteiger partial charge is 0.319 e. The molecule has 3 N–H and O–H groups in total. The Kier molecular flexibility index (Phi) is 5.68. The number of benzene rings is 3. The van der Waals surface area contributed by atoms with E-state index in [9.17, 15) is 9.59 Å². The molecular formula is C22H17N3O3. The van der Waals surface area contributed by atoms with Gasteiger partial charge in [0.2, 0.25) is 0 Å². The van der Waals surface area contributed by atoms with E-state index in [1.807, 2.05) is 23.5 Å². The second-order valence-corrected chi connectivity index (χ2v) is 6.03. The van der Waals surface area contributed by atoms with Crippen molar-refractivity contribution in [2.24, 2.45) is 5.73 Å². The lowest BCUT2D eigenvalue weighted by Gasteiger charge is -2.08. The first-order valence-electron chi connectivity index (χ1n) is 8.48. The van der Waals surface area contributed by atoms with Crippen LogP contribution in [0, 0.1) is 11.3 Å². The average Bonchev–Trinajstić information content (AvgIpc) is 2.70. The Balaban J connectivity index is 1.66. The zero-order chi connectivity index (χ0) is 19.9. The highest BCUT2D eigenvalue weighted by atomic mass is 16.5. The number of nitrogens with one attached hydrogen (secondary N) is 1. The van der Waals surface area contributed by atoms with Crippen LogP contribution >= 0.6 is 0 Å². The predicted molar refractivity (Wildman–Crippen MR) is 106 cm³/mol. The minimum Gasteiger partial charge on any atom is -0.489 e. The van der Waals surface area contributed by atoms with Crippen LogP contribution in [0.3, 0.4) is 0 Å². The first-order valence-corrected chi connectivity index (χ1v) is 8.48. The number of rotatable bonds is 5. The van der Waals surface area contributed by atoms with Crippen LogP contribution in [0.1, 0.15) is 11.1 Å².